The lowest BCUT2D eigenvalue weighted by Crippen LogP contribution is -2.15. The van der Waals surface area contributed by atoms with Crippen molar-refractivity contribution in [1.29, 1.82) is 0 Å². The monoisotopic (exact) mass is 380 g/mol. The van der Waals surface area contributed by atoms with Gasteiger partial charge in [-0.1, -0.05) is 12.1 Å². The molecule has 1 heterocycles. The number of hydrogen-bond acceptors (Lipinski definition) is 7. The van der Waals surface area contributed by atoms with Gasteiger partial charge in [-0.15, -0.1) is 0 Å². The van der Waals surface area contributed by atoms with E-state index in [-0.39, 0.29) is 11.6 Å². The molecular weight excluding hydrogens is 360 g/mol. The van der Waals surface area contributed by atoms with E-state index in [0.29, 0.717) is 28.8 Å². The van der Waals surface area contributed by atoms with Gasteiger partial charge in [-0.25, -0.2) is 9.97 Å². The van der Waals surface area contributed by atoms with Crippen LogP contribution in [0.5, 0.6) is 17.2 Å². The fourth-order valence-electron chi connectivity index (χ4n) is 2.55. The molecule has 3 rings (SSSR count). The van der Waals surface area contributed by atoms with Crippen molar-refractivity contribution in [3.63, 3.8) is 0 Å². The minimum Gasteiger partial charge on any atom is -0.495 e. The van der Waals surface area contributed by atoms with E-state index in [2.05, 4.69) is 20.6 Å². The molecule has 28 heavy (non-hydrogen) atoms. The molecule has 0 bridgehead atoms. The van der Waals surface area contributed by atoms with Crippen LogP contribution in [-0.2, 0) is 0 Å². The molecule has 0 aliphatic carbocycles. The zero-order chi connectivity index (χ0) is 19.9. The largest absolute Gasteiger partial charge is 0.495 e. The molecule has 2 N–H and O–H groups in total. The summed E-state index contributed by atoms with van der Waals surface area (Å²) in [5.74, 6) is 1.85. The van der Waals surface area contributed by atoms with Crippen LogP contribution in [0, 0.1) is 0 Å². The lowest BCUT2D eigenvalue weighted by molar-refractivity contribution is 0.102. The average Bonchev–Trinajstić information content (AvgIpc) is 2.74. The molecule has 0 saturated heterocycles. The van der Waals surface area contributed by atoms with Crippen LogP contribution < -0.4 is 24.8 Å². The Hall–Kier alpha value is -3.81. The number of nitrogens with zero attached hydrogens (tertiary/aromatic N) is 2. The summed E-state index contributed by atoms with van der Waals surface area (Å²) >= 11 is 0. The van der Waals surface area contributed by atoms with Gasteiger partial charge in [0.25, 0.3) is 5.91 Å². The van der Waals surface area contributed by atoms with E-state index in [1.807, 2.05) is 18.2 Å². The molecular formula is C20H20N4O4. The molecule has 0 atom stereocenters. The van der Waals surface area contributed by atoms with Gasteiger partial charge < -0.3 is 24.8 Å². The molecule has 0 aliphatic rings. The van der Waals surface area contributed by atoms with Gasteiger partial charge in [0.2, 0.25) is 0 Å². The zero-order valence-electron chi connectivity index (χ0n) is 15.7. The maximum atomic E-state index is 12.5. The number of benzene rings is 2. The van der Waals surface area contributed by atoms with Gasteiger partial charge in [-0.05, 0) is 24.3 Å². The summed E-state index contributed by atoms with van der Waals surface area (Å²) in [6.07, 6.45) is 1.32. The number of carbonyl (C=O) groups is 1. The Morgan fingerprint density at radius 3 is 2.36 bits per heavy atom. The van der Waals surface area contributed by atoms with Crippen LogP contribution in [0.4, 0.5) is 17.2 Å². The van der Waals surface area contributed by atoms with Crippen molar-refractivity contribution >= 4 is 23.1 Å². The van der Waals surface area contributed by atoms with Crippen molar-refractivity contribution in [2.24, 2.45) is 0 Å². The van der Waals surface area contributed by atoms with Gasteiger partial charge in [0.05, 0.1) is 27.0 Å². The normalized spacial score (nSPS) is 10.1. The predicted octanol–water partition coefficient (Wildman–Crippen LogP) is 3.50. The van der Waals surface area contributed by atoms with Crippen LogP contribution in [0.25, 0.3) is 0 Å². The molecule has 144 valence electrons. The number of hydrogen-bond donors (Lipinski definition) is 2. The number of para-hydroxylation sites is 2. The smallest absolute Gasteiger partial charge is 0.274 e. The molecule has 0 fully saturated rings. The Bertz CT molecular complexity index is 978. The summed E-state index contributed by atoms with van der Waals surface area (Å²) in [5, 5.41) is 5.90. The van der Waals surface area contributed by atoms with E-state index in [1.54, 1.807) is 51.7 Å². The molecule has 0 radical (unpaired) electrons. The summed E-state index contributed by atoms with van der Waals surface area (Å²) in [6, 6.07) is 14.1. The van der Waals surface area contributed by atoms with Crippen LogP contribution in [-0.4, -0.2) is 37.2 Å². The average molecular weight is 380 g/mol. The molecule has 3 aromatic rings. The molecule has 0 saturated carbocycles. The van der Waals surface area contributed by atoms with Gasteiger partial charge in [0.1, 0.15) is 23.6 Å². The number of aromatic nitrogens is 2. The number of rotatable bonds is 7. The number of methoxy groups -OCH3 is 3. The molecule has 0 spiro atoms. The first-order valence-electron chi connectivity index (χ1n) is 8.40. The predicted molar refractivity (Wildman–Crippen MR) is 106 cm³/mol. The van der Waals surface area contributed by atoms with Crippen LogP contribution in [0.1, 0.15) is 10.5 Å². The molecule has 8 heteroatoms. The van der Waals surface area contributed by atoms with Crippen molar-refractivity contribution in [3.8, 4) is 17.2 Å². The lowest BCUT2D eigenvalue weighted by atomic mass is 10.2. The molecule has 8 nitrogen and oxygen atoms in total. The van der Waals surface area contributed by atoms with Crippen LogP contribution >= 0.6 is 0 Å². The lowest BCUT2D eigenvalue weighted by Gasteiger charge is -2.12. The van der Waals surface area contributed by atoms with Crippen molar-refractivity contribution in [1.82, 2.24) is 9.97 Å². The highest BCUT2D eigenvalue weighted by Gasteiger charge is 2.12. The first-order chi connectivity index (χ1) is 13.6. The second-order valence-electron chi connectivity index (χ2n) is 5.64. The zero-order valence-corrected chi connectivity index (χ0v) is 15.7. The Labute approximate surface area is 162 Å². The third kappa shape index (κ3) is 4.29. The molecule has 0 aliphatic heterocycles. The van der Waals surface area contributed by atoms with Crippen LogP contribution in [0.15, 0.2) is 54.9 Å². The van der Waals surface area contributed by atoms with Crippen molar-refractivity contribution < 1.29 is 19.0 Å². The number of anilines is 3. The third-order valence-electron chi connectivity index (χ3n) is 3.91. The topological polar surface area (TPSA) is 94.6 Å². The van der Waals surface area contributed by atoms with E-state index in [0.717, 1.165) is 5.69 Å². The standard InChI is InChI=1S/C20H20N4O4/c1-26-16-7-5-4-6-14(16)24-20(25)15-11-19(22-12-21-15)23-13-8-9-17(27-2)18(10-13)28-3/h4-12H,1-3H3,(H,24,25)(H,21,22,23). The summed E-state index contributed by atoms with van der Waals surface area (Å²) < 4.78 is 15.8. The fraction of sp³-hybridized carbons (Fsp3) is 0.150. The minimum absolute atomic E-state index is 0.212. The Balaban J connectivity index is 1.77. The highest BCUT2D eigenvalue weighted by Crippen LogP contribution is 2.31. The first-order valence-corrected chi connectivity index (χ1v) is 8.40. The van der Waals surface area contributed by atoms with Crippen molar-refractivity contribution in [2.45, 2.75) is 0 Å². The Kier molecular flexibility index (Phi) is 5.91. The van der Waals surface area contributed by atoms with Crippen LogP contribution in [0.2, 0.25) is 0 Å². The quantitative estimate of drug-likeness (QED) is 0.648. The van der Waals surface area contributed by atoms with Gasteiger partial charge in [-0.2, -0.15) is 0 Å². The Morgan fingerprint density at radius 2 is 1.61 bits per heavy atom. The van der Waals surface area contributed by atoms with Gasteiger partial charge in [0.15, 0.2) is 11.5 Å². The van der Waals surface area contributed by atoms with E-state index < -0.39 is 0 Å². The van der Waals surface area contributed by atoms with E-state index in [9.17, 15) is 4.79 Å². The third-order valence-corrected chi connectivity index (χ3v) is 3.91. The summed E-state index contributed by atoms with van der Waals surface area (Å²) in [7, 11) is 4.68. The SMILES string of the molecule is COc1ccccc1NC(=O)c1cc(Nc2ccc(OC)c(OC)c2)ncn1. The maximum Gasteiger partial charge on any atom is 0.274 e. The maximum absolute atomic E-state index is 12.5. The molecule has 0 unspecified atom stereocenters. The Morgan fingerprint density at radius 1 is 0.857 bits per heavy atom. The fourth-order valence-corrected chi connectivity index (χ4v) is 2.55. The van der Waals surface area contributed by atoms with E-state index >= 15 is 0 Å². The summed E-state index contributed by atoms with van der Waals surface area (Å²) in [6.45, 7) is 0. The second-order valence-corrected chi connectivity index (χ2v) is 5.64. The number of nitrogens with one attached hydrogen (secondary N) is 2. The molecule has 2 aromatic carbocycles. The van der Waals surface area contributed by atoms with E-state index in [4.69, 9.17) is 14.2 Å². The first kappa shape index (κ1) is 19.0. The highest BCUT2D eigenvalue weighted by molar-refractivity contribution is 6.04. The summed E-state index contributed by atoms with van der Waals surface area (Å²) in [4.78, 5) is 20.8. The number of ether oxygens (including phenoxy) is 3. The van der Waals surface area contributed by atoms with Gasteiger partial charge >= 0.3 is 0 Å². The highest BCUT2D eigenvalue weighted by atomic mass is 16.5. The van der Waals surface area contributed by atoms with Gasteiger partial charge in [-0.3, -0.25) is 4.79 Å². The van der Waals surface area contributed by atoms with Crippen molar-refractivity contribution in [2.75, 3.05) is 32.0 Å². The van der Waals surface area contributed by atoms with Crippen LogP contribution in [0.3, 0.4) is 0 Å². The number of amides is 1. The molecule has 1 aromatic heterocycles. The van der Waals surface area contributed by atoms with Crippen molar-refractivity contribution in [3.05, 3.63) is 60.6 Å². The number of carbonyl (C=O) groups excluding carboxylic acids is 1. The summed E-state index contributed by atoms with van der Waals surface area (Å²) in [5.41, 5.74) is 1.50. The molecule has 1 amide bonds. The second kappa shape index (κ2) is 8.72. The van der Waals surface area contributed by atoms with Gasteiger partial charge in [0, 0.05) is 17.8 Å². The van der Waals surface area contributed by atoms with E-state index in [1.165, 1.54) is 6.33 Å². The minimum atomic E-state index is -0.373.